The van der Waals surface area contributed by atoms with Gasteiger partial charge in [-0.15, -0.1) is 0 Å². The predicted octanol–water partition coefficient (Wildman–Crippen LogP) is 3.40. The van der Waals surface area contributed by atoms with Crippen molar-refractivity contribution in [3.8, 4) is 5.75 Å². The summed E-state index contributed by atoms with van der Waals surface area (Å²) in [6.45, 7) is 2.04. The molecule has 2 N–H and O–H groups in total. The lowest BCUT2D eigenvalue weighted by molar-refractivity contribution is 0.414. The molecule has 0 spiro atoms. The van der Waals surface area contributed by atoms with E-state index in [1.165, 1.54) is 5.56 Å². The van der Waals surface area contributed by atoms with E-state index < -0.39 is 0 Å². The Hall–Kier alpha value is -1.39. The Kier molecular flexibility index (Phi) is 4.56. The number of halogens is 1. The van der Waals surface area contributed by atoms with Crippen LogP contribution in [0.15, 0.2) is 41.0 Å². The van der Waals surface area contributed by atoms with Crippen LogP contribution in [0.5, 0.6) is 5.75 Å². The maximum absolute atomic E-state index is 6.23. The largest absolute Gasteiger partial charge is 0.497 e. The number of ether oxygens (including phenoxy) is 1. The third-order valence-electron chi connectivity index (χ3n) is 3.01. The first-order valence-electron chi connectivity index (χ1n) is 6.10. The molecule has 2 rings (SSSR count). The summed E-state index contributed by atoms with van der Waals surface area (Å²) in [5, 5.41) is 0. The van der Waals surface area contributed by atoms with Crippen LogP contribution in [-0.4, -0.2) is 12.1 Å². The van der Waals surface area contributed by atoms with Crippen molar-refractivity contribution in [2.75, 3.05) is 7.11 Å². The second-order valence-electron chi connectivity index (χ2n) is 4.53. The normalized spacial score (nSPS) is 12.2. The van der Waals surface area contributed by atoms with E-state index >= 15 is 0 Å². The minimum Gasteiger partial charge on any atom is -0.497 e. The first-order valence-corrected chi connectivity index (χ1v) is 6.90. The molecule has 0 fully saturated rings. The third-order valence-corrected chi connectivity index (χ3v) is 3.78. The fourth-order valence-corrected chi connectivity index (χ4v) is 2.35. The molecule has 0 saturated carbocycles. The van der Waals surface area contributed by atoms with Gasteiger partial charge in [-0.25, -0.2) is 0 Å². The average Bonchev–Trinajstić information content (AvgIpc) is 2.41. The number of benzene rings is 1. The predicted molar refractivity (Wildman–Crippen MR) is 80.3 cm³/mol. The molecule has 0 amide bonds. The van der Waals surface area contributed by atoms with Crippen molar-refractivity contribution < 1.29 is 4.74 Å². The zero-order chi connectivity index (χ0) is 13.8. The quantitative estimate of drug-likeness (QED) is 0.939. The van der Waals surface area contributed by atoms with E-state index in [0.717, 1.165) is 21.5 Å². The highest BCUT2D eigenvalue weighted by molar-refractivity contribution is 9.10. The van der Waals surface area contributed by atoms with E-state index in [1.54, 1.807) is 13.3 Å². The molecular formula is C15H17BrN2O. The van der Waals surface area contributed by atoms with Crippen LogP contribution in [-0.2, 0) is 6.42 Å². The van der Waals surface area contributed by atoms with E-state index in [9.17, 15) is 0 Å². The van der Waals surface area contributed by atoms with Crippen LogP contribution in [0.3, 0.4) is 0 Å². The monoisotopic (exact) mass is 320 g/mol. The van der Waals surface area contributed by atoms with Crippen LogP contribution in [0.4, 0.5) is 0 Å². The molecule has 1 aromatic heterocycles. The third kappa shape index (κ3) is 3.55. The van der Waals surface area contributed by atoms with Crippen molar-refractivity contribution in [3.63, 3.8) is 0 Å². The zero-order valence-corrected chi connectivity index (χ0v) is 12.6. The summed E-state index contributed by atoms with van der Waals surface area (Å²) < 4.78 is 6.28. The fraction of sp³-hybridized carbons (Fsp3) is 0.267. The number of nitrogens with two attached hydrogens (primary N) is 1. The highest BCUT2D eigenvalue weighted by Gasteiger charge is 2.11. The van der Waals surface area contributed by atoms with Crippen molar-refractivity contribution in [1.29, 1.82) is 0 Å². The number of aromatic nitrogens is 1. The molecule has 3 nitrogen and oxygen atoms in total. The lowest BCUT2D eigenvalue weighted by atomic mass is 10.0. The molecule has 0 saturated heterocycles. The second-order valence-corrected chi connectivity index (χ2v) is 5.38. The highest BCUT2D eigenvalue weighted by Crippen LogP contribution is 2.26. The molecule has 0 aliphatic rings. The Morgan fingerprint density at radius 3 is 2.79 bits per heavy atom. The molecule has 0 radical (unpaired) electrons. The van der Waals surface area contributed by atoms with Gasteiger partial charge in [-0.05, 0) is 54.8 Å². The molecule has 1 aromatic carbocycles. The summed E-state index contributed by atoms with van der Waals surface area (Å²) in [5.74, 6) is 0.836. The van der Waals surface area contributed by atoms with Crippen molar-refractivity contribution in [2.24, 2.45) is 5.73 Å². The molecule has 2 aromatic rings. The van der Waals surface area contributed by atoms with Crippen molar-refractivity contribution in [2.45, 2.75) is 19.4 Å². The van der Waals surface area contributed by atoms with Crippen LogP contribution in [0.2, 0.25) is 0 Å². The molecule has 0 bridgehead atoms. The Bertz CT molecular complexity index is 572. The molecular weight excluding hydrogens is 304 g/mol. The number of pyridine rings is 1. The number of nitrogens with zero attached hydrogens (tertiary/aromatic N) is 1. The Morgan fingerprint density at radius 2 is 2.11 bits per heavy atom. The summed E-state index contributed by atoms with van der Waals surface area (Å²) >= 11 is 3.54. The van der Waals surface area contributed by atoms with Gasteiger partial charge in [-0.2, -0.15) is 0 Å². The highest BCUT2D eigenvalue weighted by atomic mass is 79.9. The number of hydrogen-bond acceptors (Lipinski definition) is 3. The minimum absolute atomic E-state index is 0.122. The molecule has 19 heavy (non-hydrogen) atoms. The lowest BCUT2D eigenvalue weighted by Crippen LogP contribution is -2.15. The van der Waals surface area contributed by atoms with Gasteiger partial charge in [-0.1, -0.05) is 15.9 Å². The number of aryl methyl sites for hydroxylation is 1. The summed E-state index contributed by atoms with van der Waals surface area (Å²) in [6.07, 6.45) is 2.51. The zero-order valence-electron chi connectivity index (χ0n) is 11.1. The average molecular weight is 321 g/mol. The summed E-state index contributed by atoms with van der Waals surface area (Å²) in [6, 6.07) is 9.77. The van der Waals surface area contributed by atoms with Crippen LogP contribution in [0, 0.1) is 6.92 Å². The lowest BCUT2D eigenvalue weighted by Gasteiger charge is -2.14. The fourth-order valence-electron chi connectivity index (χ4n) is 1.94. The van der Waals surface area contributed by atoms with Gasteiger partial charge < -0.3 is 10.5 Å². The molecule has 4 heteroatoms. The molecule has 0 aliphatic carbocycles. The smallest absolute Gasteiger partial charge is 0.119 e. The van der Waals surface area contributed by atoms with Crippen molar-refractivity contribution >= 4 is 15.9 Å². The van der Waals surface area contributed by atoms with E-state index in [4.69, 9.17) is 10.5 Å². The van der Waals surface area contributed by atoms with Crippen molar-refractivity contribution in [1.82, 2.24) is 4.98 Å². The first-order chi connectivity index (χ1) is 9.10. The summed E-state index contributed by atoms with van der Waals surface area (Å²) in [4.78, 5) is 4.34. The maximum Gasteiger partial charge on any atom is 0.119 e. The topological polar surface area (TPSA) is 48.1 Å². The van der Waals surface area contributed by atoms with Crippen molar-refractivity contribution in [3.05, 3.63) is 57.8 Å². The standard InChI is InChI=1S/C15H17BrN2O/c1-10-5-6-18-15(7-10)14(17)9-11-8-12(19-2)3-4-13(11)16/h3-8,14H,9,17H2,1-2H3. The first kappa shape index (κ1) is 14.0. The van der Waals surface area contributed by atoms with Gasteiger partial charge in [0.1, 0.15) is 5.75 Å². The number of methoxy groups -OCH3 is 1. The summed E-state index contributed by atoms with van der Waals surface area (Å²) in [5.41, 5.74) is 9.44. The van der Waals surface area contributed by atoms with E-state index in [0.29, 0.717) is 6.42 Å². The van der Waals surface area contributed by atoms with Crippen LogP contribution in [0.25, 0.3) is 0 Å². The van der Waals surface area contributed by atoms with Gasteiger partial charge in [0.2, 0.25) is 0 Å². The van der Waals surface area contributed by atoms with Crippen LogP contribution in [0.1, 0.15) is 22.9 Å². The molecule has 1 heterocycles. The number of hydrogen-bond donors (Lipinski definition) is 1. The van der Waals surface area contributed by atoms with Gasteiger partial charge >= 0.3 is 0 Å². The maximum atomic E-state index is 6.23. The van der Waals surface area contributed by atoms with Crippen LogP contribution >= 0.6 is 15.9 Å². The van der Waals surface area contributed by atoms with Gasteiger partial charge in [0.05, 0.1) is 18.8 Å². The Labute approximate surface area is 121 Å². The summed E-state index contributed by atoms with van der Waals surface area (Å²) in [7, 11) is 1.66. The van der Waals surface area contributed by atoms with E-state index in [1.807, 2.05) is 37.3 Å². The molecule has 0 aliphatic heterocycles. The van der Waals surface area contributed by atoms with E-state index in [2.05, 4.69) is 20.9 Å². The minimum atomic E-state index is -0.122. The van der Waals surface area contributed by atoms with E-state index in [-0.39, 0.29) is 6.04 Å². The molecule has 100 valence electrons. The van der Waals surface area contributed by atoms with Crippen LogP contribution < -0.4 is 10.5 Å². The SMILES string of the molecule is COc1ccc(Br)c(CC(N)c2cc(C)ccn2)c1. The van der Waals surface area contributed by atoms with Gasteiger partial charge in [0.25, 0.3) is 0 Å². The Morgan fingerprint density at radius 1 is 1.32 bits per heavy atom. The second kappa shape index (κ2) is 6.17. The molecule has 1 atom stereocenters. The number of rotatable bonds is 4. The van der Waals surface area contributed by atoms with Gasteiger partial charge in [0.15, 0.2) is 0 Å². The molecule has 1 unspecified atom stereocenters. The van der Waals surface area contributed by atoms with Gasteiger partial charge in [-0.3, -0.25) is 4.98 Å². The van der Waals surface area contributed by atoms with Gasteiger partial charge in [0, 0.05) is 10.7 Å². The Balaban J connectivity index is 2.21.